The maximum absolute atomic E-state index is 12.9. The molecule has 2 aliphatic carbocycles. The van der Waals surface area contributed by atoms with Crippen molar-refractivity contribution in [2.24, 2.45) is 11.8 Å². The molecular formula is C33H32N2O3. The van der Waals surface area contributed by atoms with Gasteiger partial charge in [0.1, 0.15) is 17.9 Å². The number of rotatable bonds is 6. The largest absolute Gasteiger partial charge is 0.489 e. The van der Waals surface area contributed by atoms with E-state index < -0.39 is 0 Å². The smallest absolute Gasteiger partial charge is 0.165 e. The van der Waals surface area contributed by atoms with Crippen LogP contribution in [0.1, 0.15) is 71.8 Å². The van der Waals surface area contributed by atoms with Crippen LogP contribution in [0, 0.1) is 23.2 Å². The number of nitrogens with zero attached hydrogens (tertiary/aromatic N) is 2. The minimum atomic E-state index is 0.0852. The standard InChI is InChI=1S/C33H32N2O3/c1-21-2-3-25(16-21)33(36)23-6-4-22(5-7-23)26-18-30-29(10-13-35-31(30)19-26)24-8-9-32(27(17-24)20-34)38-28-11-14-37-15-12-28/h4-10,13,17,19,21,25,28H,2-3,11-12,14-16,18H2,1H3/t21-,25?/m0/s1. The number of fused-ring (bicyclic) bond motifs is 1. The van der Waals surface area contributed by atoms with E-state index in [0.717, 1.165) is 72.0 Å². The third kappa shape index (κ3) is 4.89. The number of hydrogen-bond acceptors (Lipinski definition) is 5. The summed E-state index contributed by atoms with van der Waals surface area (Å²) in [5, 5.41) is 9.85. The topological polar surface area (TPSA) is 72.2 Å². The number of ether oxygens (including phenoxy) is 2. The lowest BCUT2D eigenvalue weighted by atomic mass is 9.93. The molecule has 2 aromatic carbocycles. The number of nitriles is 1. The van der Waals surface area contributed by atoms with Crippen LogP contribution in [0.3, 0.4) is 0 Å². The number of allylic oxidation sites excluding steroid dienone is 1. The van der Waals surface area contributed by atoms with Gasteiger partial charge in [0.25, 0.3) is 0 Å². The van der Waals surface area contributed by atoms with Gasteiger partial charge in [0.2, 0.25) is 0 Å². The van der Waals surface area contributed by atoms with Gasteiger partial charge in [-0.15, -0.1) is 0 Å². The van der Waals surface area contributed by atoms with E-state index in [9.17, 15) is 10.1 Å². The molecule has 0 radical (unpaired) electrons. The second kappa shape index (κ2) is 10.6. The molecule has 6 rings (SSSR count). The Kier molecular flexibility index (Phi) is 6.82. The lowest BCUT2D eigenvalue weighted by Crippen LogP contribution is -2.26. The highest BCUT2D eigenvalue weighted by atomic mass is 16.5. The van der Waals surface area contributed by atoms with Crippen LogP contribution in [0.25, 0.3) is 22.8 Å². The van der Waals surface area contributed by atoms with Gasteiger partial charge in [-0.25, -0.2) is 0 Å². The Morgan fingerprint density at radius 3 is 2.55 bits per heavy atom. The molecule has 2 fully saturated rings. The molecule has 2 atom stereocenters. The van der Waals surface area contributed by atoms with Gasteiger partial charge in [0, 0.05) is 36.9 Å². The lowest BCUT2D eigenvalue weighted by molar-refractivity contribution is 0.0254. The average Bonchev–Trinajstić information content (AvgIpc) is 3.60. The summed E-state index contributed by atoms with van der Waals surface area (Å²) in [5.41, 5.74) is 7.84. The summed E-state index contributed by atoms with van der Waals surface area (Å²) in [4.78, 5) is 17.6. The van der Waals surface area contributed by atoms with E-state index in [1.807, 2.05) is 42.6 Å². The molecule has 1 aromatic heterocycles. The fourth-order valence-corrected chi connectivity index (χ4v) is 6.07. The molecule has 38 heavy (non-hydrogen) atoms. The predicted molar refractivity (Wildman–Crippen MR) is 148 cm³/mol. The minimum absolute atomic E-state index is 0.0852. The highest BCUT2D eigenvalue weighted by molar-refractivity contribution is 5.99. The zero-order valence-electron chi connectivity index (χ0n) is 21.8. The fraction of sp³-hybridized carbons (Fsp3) is 0.364. The number of carbonyl (C=O) groups excluding carboxylic acids is 1. The summed E-state index contributed by atoms with van der Waals surface area (Å²) in [6.07, 6.45) is 9.66. The third-order valence-corrected chi connectivity index (χ3v) is 8.25. The number of Topliss-reactive ketones (excluding diaryl/α,β-unsaturated/α-hetero) is 1. The van der Waals surface area contributed by atoms with Crippen LogP contribution < -0.4 is 4.74 Å². The van der Waals surface area contributed by atoms with Crippen LogP contribution in [-0.4, -0.2) is 30.1 Å². The summed E-state index contributed by atoms with van der Waals surface area (Å²) in [5.74, 6) is 1.73. The monoisotopic (exact) mass is 504 g/mol. The van der Waals surface area contributed by atoms with Crippen molar-refractivity contribution in [2.75, 3.05) is 13.2 Å². The van der Waals surface area contributed by atoms with E-state index in [1.165, 1.54) is 5.57 Å². The molecule has 0 N–H and O–H groups in total. The zero-order chi connectivity index (χ0) is 26.1. The van der Waals surface area contributed by atoms with Gasteiger partial charge >= 0.3 is 0 Å². The second-order valence-electron chi connectivity index (χ2n) is 10.9. The molecule has 1 saturated heterocycles. The van der Waals surface area contributed by atoms with Gasteiger partial charge in [-0.3, -0.25) is 9.78 Å². The second-order valence-corrected chi connectivity index (χ2v) is 10.9. The Morgan fingerprint density at radius 1 is 1.03 bits per heavy atom. The number of aromatic nitrogens is 1. The van der Waals surface area contributed by atoms with E-state index in [2.05, 4.69) is 36.2 Å². The van der Waals surface area contributed by atoms with Crippen molar-refractivity contribution in [1.29, 1.82) is 5.26 Å². The van der Waals surface area contributed by atoms with Gasteiger partial charge in [0.15, 0.2) is 5.78 Å². The van der Waals surface area contributed by atoms with E-state index >= 15 is 0 Å². The molecule has 0 spiro atoms. The Labute approximate surface area is 224 Å². The number of hydrogen-bond donors (Lipinski definition) is 0. The number of benzene rings is 2. The van der Waals surface area contributed by atoms with Crippen molar-refractivity contribution in [3.05, 3.63) is 82.7 Å². The van der Waals surface area contributed by atoms with Gasteiger partial charge < -0.3 is 9.47 Å². The van der Waals surface area contributed by atoms with E-state index in [-0.39, 0.29) is 17.8 Å². The molecule has 3 aromatic rings. The average molecular weight is 505 g/mol. The van der Waals surface area contributed by atoms with Gasteiger partial charge in [-0.2, -0.15) is 5.26 Å². The molecule has 5 nitrogen and oxygen atoms in total. The minimum Gasteiger partial charge on any atom is -0.489 e. The SMILES string of the molecule is C[C@H]1CCC(C(=O)c2ccc(C3=Cc4nccc(-c5ccc(OC6CCOCC6)c(C#N)c5)c4C3)cc2)C1. The molecule has 0 bridgehead atoms. The lowest BCUT2D eigenvalue weighted by Gasteiger charge is -2.24. The zero-order valence-corrected chi connectivity index (χ0v) is 21.8. The maximum atomic E-state index is 12.9. The Balaban J connectivity index is 1.20. The molecule has 2 heterocycles. The van der Waals surface area contributed by atoms with E-state index in [4.69, 9.17) is 9.47 Å². The molecule has 1 saturated carbocycles. The van der Waals surface area contributed by atoms with Crippen LogP contribution in [0.15, 0.2) is 54.7 Å². The van der Waals surface area contributed by atoms with Crippen LogP contribution in [0.4, 0.5) is 0 Å². The summed E-state index contributed by atoms with van der Waals surface area (Å²) in [7, 11) is 0. The van der Waals surface area contributed by atoms with Crippen molar-refractivity contribution >= 4 is 17.4 Å². The van der Waals surface area contributed by atoms with E-state index in [1.54, 1.807) is 0 Å². The fourth-order valence-electron chi connectivity index (χ4n) is 6.07. The quantitative estimate of drug-likeness (QED) is 0.342. The summed E-state index contributed by atoms with van der Waals surface area (Å²) < 4.78 is 11.6. The number of pyridine rings is 1. The highest BCUT2D eigenvalue weighted by Crippen LogP contribution is 2.38. The van der Waals surface area contributed by atoms with Crippen LogP contribution in [0.2, 0.25) is 0 Å². The van der Waals surface area contributed by atoms with Crippen molar-refractivity contribution in [2.45, 2.75) is 51.6 Å². The van der Waals surface area contributed by atoms with Crippen LogP contribution >= 0.6 is 0 Å². The third-order valence-electron chi connectivity index (χ3n) is 8.25. The van der Waals surface area contributed by atoms with Gasteiger partial charge in [0.05, 0.1) is 24.5 Å². The normalized spacial score (nSPS) is 21.0. The molecular weight excluding hydrogens is 472 g/mol. The Hall–Kier alpha value is -3.75. The highest BCUT2D eigenvalue weighted by Gasteiger charge is 2.28. The molecule has 5 heteroatoms. The Bertz CT molecular complexity index is 1430. The van der Waals surface area contributed by atoms with Crippen molar-refractivity contribution in [3.8, 4) is 22.9 Å². The van der Waals surface area contributed by atoms with E-state index in [0.29, 0.717) is 30.4 Å². The molecule has 192 valence electrons. The molecule has 0 amide bonds. The first kappa shape index (κ1) is 24.6. The number of carbonyl (C=O) groups is 1. The van der Waals surface area contributed by atoms with Crippen LogP contribution in [0.5, 0.6) is 5.75 Å². The summed E-state index contributed by atoms with van der Waals surface area (Å²) in [6, 6.07) is 18.3. The molecule has 1 unspecified atom stereocenters. The van der Waals surface area contributed by atoms with Crippen LogP contribution in [-0.2, 0) is 11.2 Å². The van der Waals surface area contributed by atoms with Crippen molar-refractivity contribution in [3.63, 3.8) is 0 Å². The van der Waals surface area contributed by atoms with Gasteiger partial charge in [-0.05, 0) is 77.3 Å². The van der Waals surface area contributed by atoms with Crippen molar-refractivity contribution in [1.82, 2.24) is 4.98 Å². The maximum Gasteiger partial charge on any atom is 0.165 e. The summed E-state index contributed by atoms with van der Waals surface area (Å²) in [6.45, 7) is 3.63. The predicted octanol–water partition coefficient (Wildman–Crippen LogP) is 6.89. The van der Waals surface area contributed by atoms with Crippen molar-refractivity contribution < 1.29 is 14.3 Å². The summed E-state index contributed by atoms with van der Waals surface area (Å²) >= 11 is 0. The first-order chi connectivity index (χ1) is 18.6. The molecule has 1 aliphatic heterocycles. The van der Waals surface area contributed by atoms with Gasteiger partial charge in [-0.1, -0.05) is 37.3 Å². The number of ketones is 1. The first-order valence-electron chi connectivity index (χ1n) is 13.7. The first-order valence-corrected chi connectivity index (χ1v) is 13.7. The Morgan fingerprint density at radius 2 is 1.82 bits per heavy atom. The molecule has 3 aliphatic rings.